The van der Waals surface area contributed by atoms with Crippen LogP contribution in [0.3, 0.4) is 0 Å². The molecule has 0 bridgehead atoms. The predicted octanol–water partition coefficient (Wildman–Crippen LogP) is 4.62. The van der Waals surface area contributed by atoms with Gasteiger partial charge in [0.05, 0.1) is 6.10 Å². The fraction of sp³-hybridized carbons (Fsp3) is 0.368. The van der Waals surface area contributed by atoms with Crippen molar-refractivity contribution in [2.45, 2.75) is 44.1 Å². The number of rotatable bonds is 6. The molecule has 0 heterocycles. The molecule has 3 rings (SSSR count). The zero-order chi connectivity index (χ0) is 13.8. The molecule has 2 aromatic carbocycles. The van der Waals surface area contributed by atoms with Gasteiger partial charge in [0.1, 0.15) is 0 Å². The second kappa shape index (κ2) is 6.23. The summed E-state index contributed by atoms with van der Waals surface area (Å²) in [6.45, 7) is 0. The number of aliphatic hydroxyl groups excluding tert-OH is 1. The fourth-order valence-electron chi connectivity index (χ4n) is 2.75. The first-order chi connectivity index (χ1) is 9.83. The molecule has 1 nitrogen and oxygen atoms in total. The summed E-state index contributed by atoms with van der Waals surface area (Å²) in [5.41, 5.74) is 3.85. The molecular formula is C19H22O. The van der Waals surface area contributed by atoms with E-state index in [1.165, 1.54) is 24.0 Å². The molecule has 20 heavy (non-hydrogen) atoms. The molecule has 0 aliphatic heterocycles. The number of aryl methyl sites for hydroxylation is 1. The summed E-state index contributed by atoms with van der Waals surface area (Å²) in [5.74, 6) is 0.756. The highest BCUT2D eigenvalue weighted by Gasteiger charge is 2.23. The Kier molecular flexibility index (Phi) is 4.17. The maximum Gasteiger partial charge on any atom is 0.0790 e. The summed E-state index contributed by atoms with van der Waals surface area (Å²) >= 11 is 0. The molecule has 0 radical (unpaired) electrons. The van der Waals surface area contributed by atoms with E-state index in [0.717, 1.165) is 30.7 Å². The second-order valence-corrected chi connectivity index (χ2v) is 5.84. The van der Waals surface area contributed by atoms with Crippen molar-refractivity contribution in [3.05, 3.63) is 71.3 Å². The lowest BCUT2D eigenvalue weighted by Crippen LogP contribution is -1.99. The average Bonchev–Trinajstić information content (AvgIpc) is 3.33. The summed E-state index contributed by atoms with van der Waals surface area (Å²) in [6.07, 6.45) is 5.21. The van der Waals surface area contributed by atoms with Gasteiger partial charge in [-0.15, -0.1) is 0 Å². The van der Waals surface area contributed by atoms with Crippen molar-refractivity contribution in [3.63, 3.8) is 0 Å². The second-order valence-electron chi connectivity index (χ2n) is 5.84. The highest BCUT2D eigenvalue weighted by Crippen LogP contribution is 2.40. The van der Waals surface area contributed by atoms with Gasteiger partial charge in [0.2, 0.25) is 0 Å². The molecule has 1 unspecified atom stereocenters. The Morgan fingerprint density at radius 1 is 1.00 bits per heavy atom. The Balaban J connectivity index is 1.53. The van der Waals surface area contributed by atoms with Gasteiger partial charge < -0.3 is 5.11 Å². The van der Waals surface area contributed by atoms with Crippen LogP contribution in [0.4, 0.5) is 0 Å². The van der Waals surface area contributed by atoms with E-state index in [1.54, 1.807) is 0 Å². The number of benzene rings is 2. The van der Waals surface area contributed by atoms with Gasteiger partial charge in [0.15, 0.2) is 0 Å². The van der Waals surface area contributed by atoms with Crippen molar-refractivity contribution < 1.29 is 5.11 Å². The molecule has 0 spiro atoms. The van der Waals surface area contributed by atoms with E-state index >= 15 is 0 Å². The molecular weight excluding hydrogens is 244 g/mol. The van der Waals surface area contributed by atoms with Crippen molar-refractivity contribution in [1.29, 1.82) is 0 Å². The SMILES string of the molecule is OC(CCCc1ccccc1)c1cccc(C2CC2)c1. The van der Waals surface area contributed by atoms with E-state index in [-0.39, 0.29) is 6.10 Å². The molecule has 104 valence electrons. The molecule has 1 aliphatic rings. The maximum atomic E-state index is 10.3. The molecule has 1 heteroatoms. The number of hydrogen-bond acceptors (Lipinski definition) is 1. The summed E-state index contributed by atoms with van der Waals surface area (Å²) < 4.78 is 0. The third-order valence-electron chi connectivity index (χ3n) is 4.13. The van der Waals surface area contributed by atoms with Crippen LogP contribution in [-0.4, -0.2) is 5.11 Å². The molecule has 1 N–H and O–H groups in total. The van der Waals surface area contributed by atoms with Gasteiger partial charge in [0.25, 0.3) is 0 Å². The molecule has 1 saturated carbocycles. The Morgan fingerprint density at radius 2 is 1.80 bits per heavy atom. The molecule has 2 aromatic rings. The van der Waals surface area contributed by atoms with Crippen LogP contribution >= 0.6 is 0 Å². The van der Waals surface area contributed by atoms with Crippen molar-refractivity contribution in [2.75, 3.05) is 0 Å². The highest BCUT2D eigenvalue weighted by molar-refractivity contribution is 5.30. The van der Waals surface area contributed by atoms with Gasteiger partial charge in [-0.2, -0.15) is 0 Å². The summed E-state index contributed by atoms with van der Waals surface area (Å²) in [5, 5.41) is 10.3. The summed E-state index contributed by atoms with van der Waals surface area (Å²) in [7, 11) is 0. The Bertz CT molecular complexity index is 543. The summed E-state index contributed by atoms with van der Waals surface area (Å²) in [6, 6.07) is 19.0. The Labute approximate surface area is 121 Å². The Morgan fingerprint density at radius 3 is 2.55 bits per heavy atom. The first kappa shape index (κ1) is 13.4. The quantitative estimate of drug-likeness (QED) is 0.809. The zero-order valence-electron chi connectivity index (χ0n) is 11.8. The van der Waals surface area contributed by atoms with Gasteiger partial charge in [-0.05, 0) is 54.7 Å². The van der Waals surface area contributed by atoms with Crippen LogP contribution in [-0.2, 0) is 6.42 Å². The van der Waals surface area contributed by atoms with Crippen LogP contribution in [0, 0.1) is 0 Å². The third kappa shape index (κ3) is 3.49. The molecule has 1 aliphatic carbocycles. The van der Waals surface area contributed by atoms with E-state index in [4.69, 9.17) is 0 Å². The lowest BCUT2D eigenvalue weighted by atomic mass is 9.99. The molecule has 1 fully saturated rings. The van der Waals surface area contributed by atoms with Crippen LogP contribution in [0.25, 0.3) is 0 Å². The maximum absolute atomic E-state index is 10.3. The van der Waals surface area contributed by atoms with Crippen molar-refractivity contribution in [3.8, 4) is 0 Å². The van der Waals surface area contributed by atoms with Crippen LogP contribution in [0.1, 0.15) is 54.4 Å². The zero-order valence-corrected chi connectivity index (χ0v) is 11.8. The predicted molar refractivity (Wildman–Crippen MR) is 82.8 cm³/mol. The smallest absolute Gasteiger partial charge is 0.0790 e. The van der Waals surface area contributed by atoms with Gasteiger partial charge in [-0.1, -0.05) is 54.6 Å². The van der Waals surface area contributed by atoms with E-state index in [2.05, 4.69) is 48.5 Å². The average molecular weight is 266 g/mol. The standard InChI is InChI=1S/C19H22O/c20-19(11-4-8-15-6-2-1-3-7-15)18-10-5-9-17(14-18)16-12-13-16/h1-3,5-7,9-10,14,16,19-20H,4,8,11-13H2. The third-order valence-corrected chi connectivity index (χ3v) is 4.13. The largest absolute Gasteiger partial charge is 0.388 e. The molecule has 1 atom stereocenters. The number of aliphatic hydroxyl groups is 1. The molecule has 0 amide bonds. The van der Waals surface area contributed by atoms with Gasteiger partial charge in [-0.3, -0.25) is 0 Å². The van der Waals surface area contributed by atoms with Crippen LogP contribution in [0.15, 0.2) is 54.6 Å². The lowest BCUT2D eigenvalue weighted by Gasteiger charge is -2.12. The first-order valence-electron chi connectivity index (χ1n) is 7.65. The van der Waals surface area contributed by atoms with Gasteiger partial charge >= 0.3 is 0 Å². The highest BCUT2D eigenvalue weighted by atomic mass is 16.3. The molecule has 0 saturated heterocycles. The van der Waals surface area contributed by atoms with Crippen LogP contribution in [0.5, 0.6) is 0 Å². The summed E-state index contributed by atoms with van der Waals surface area (Å²) in [4.78, 5) is 0. The minimum absolute atomic E-state index is 0.322. The topological polar surface area (TPSA) is 20.2 Å². The van der Waals surface area contributed by atoms with E-state index < -0.39 is 0 Å². The van der Waals surface area contributed by atoms with Crippen LogP contribution < -0.4 is 0 Å². The van der Waals surface area contributed by atoms with Crippen molar-refractivity contribution >= 4 is 0 Å². The fourth-order valence-corrected chi connectivity index (χ4v) is 2.75. The van der Waals surface area contributed by atoms with Crippen LogP contribution in [0.2, 0.25) is 0 Å². The minimum Gasteiger partial charge on any atom is -0.388 e. The van der Waals surface area contributed by atoms with E-state index in [9.17, 15) is 5.11 Å². The monoisotopic (exact) mass is 266 g/mol. The minimum atomic E-state index is -0.322. The van der Waals surface area contributed by atoms with Crippen molar-refractivity contribution in [1.82, 2.24) is 0 Å². The normalized spacial score (nSPS) is 16.1. The lowest BCUT2D eigenvalue weighted by molar-refractivity contribution is 0.164. The van der Waals surface area contributed by atoms with Gasteiger partial charge in [0, 0.05) is 0 Å². The Hall–Kier alpha value is -1.60. The molecule has 0 aromatic heterocycles. The van der Waals surface area contributed by atoms with E-state index in [0.29, 0.717) is 0 Å². The van der Waals surface area contributed by atoms with Crippen molar-refractivity contribution in [2.24, 2.45) is 0 Å². The number of hydrogen-bond donors (Lipinski definition) is 1. The van der Waals surface area contributed by atoms with Gasteiger partial charge in [-0.25, -0.2) is 0 Å². The van der Waals surface area contributed by atoms with E-state index in [1.807, 2.05) is 6.07 Å². The first-order valence-corrected chi connectivity index (χ1v) is 7.65.